The van der Waals surface area contributed by atoms with E-state index < -0.39 is 0 Å². The summed E-state index contributed by atoms with van der Waals surface area (Å²) < 4.78 is 12.3. The molecule has 4 nitrogen and oxygen atoms in total. The second-order valence-corrected chi connectivity index (χ2v) is 13.0. The van der Waals surface area contributed by atoms with Gasteiger partial charge in [0.1, 0.15) is 11.3 Å². The summed E-state index contributed by atoms with van der Waals surface area (Å²) in [5.74, 6) is 0.880. The molecule has 5 heteroatoms. The molecule has 2 aliphatic rings. The van der Waals surface area contributed by atoms with Crippen LogP contribution in [0.3, 0.4) is 0 Å². The van der Waals surface area contributed by atoms with Crippen molar-refractivity contribution in [3.8, 4) is 39.4 Å². The number of benzene rings is 6. The van der Waals surface area contributed by atoms with Crippen LogP contribution in [0.15, 0.2) is 150 Å². The van der Waals surface area contributed by atoms with E-state index in [0.717, 1.165) is 50.2 Å². The maximum absolute atomic E-state index is 7.20. The standard InChI is InChI=1S/C43H24BN3O/c1-3-12-25(13-4-1)36-31-24-35-38-37(43(31)48-42(36)26-14-5-2-6-15-26)39-41-30(22-23-45-39)28-17-8-10-21-34(28)47(41)44(38)32-19-11-18-29-27-16-7-9-20-33(27)46(35)40(29)32/h1-24H. The Bertz CT molecular complexity index is 3000. The van der Waals surface area contributed by atoms with Gasteiger partial charge >= 0.3 is 6.85 Å². The van der Waals surface area contributed by atoms with Crippen LogP contribution < -0.4 is 10.9 Å². The highest BCUT2D eigenvalue weighted by Crippen LogP contribution is 2.49. The van der Waals surface area contributed by atoms with Gasteiger partial charge in [-0.25, -0.2) is 0 Å². The van der Waals surface area contributed by atoms with Crippen molar-refractivity contribution < 1.29 is 4.42 Å². The largest absolute Gasteiger partial charge is 0.455 e. The number of hydrogen-bond acceptors (Lipinski definition) is 2. The zero-order chi connectivity index (χ0) is 31.1. The topological polar surface area (TPSA) is 35.9 Å². The van der Waals surface area contributed by atoms with Gasteiger partial charge in [-0.3, -0.25) is 4.98 Å². The number of pyridine rings is 1. The Kier molecular flexibility index (Phi) is 4.52. The van der Waals surface area contributed by atoms with E-state index in [9.17, 15) is 0 Å². The van der Waals surface area contributed by atoms with E-state index >= 15 is 0 Å². The Balaban J connectivity index is 1.37. The Morgan fingerprint density at radius 1 is 0.542 bits per heavy atom. The molecular formula is C43H24BN3O. The van der Waals surface area contributed by atoms with Crippen LogP contribution in [0.4, 0.5) is 0 Å². The van der Waals surface area contributed by atoms with Gasteiger partial charge in [0, 0.05) is 61.0 Å². The lowest BCUT2D eigenvalue weighted by molar-refractivity contribution is 0.633. The summed E-state index contributed by atoms with van der Waals surface area (Å²) in [5.41, 5.74) is 14.8. The Morgan fingerprint density at radius 3 is 2.02 bits per heavy atom. The third-order valence-electron chi connectivity index (χ3n) is 10.7. The maximum atomic E-state index is 7.20. The van der Waals surface area contributed by atoms with Crippen molar-refractivity contribution in [1.29, 1.82) is 0 Å². The molecule has 48 heavy (non-hydrogen) atoms. The maximum Gasteiger partial charge on any atom is 0.333 e. The van der Waals surface area contributed by atoms with E-state index in [1.165, 1.54) is 54.7 Å². The highest BCUT2D eigenvalue weighted by atomic mass is 16.3. The van der Waals surface area contributed by atoms with E-state index in [0.29, 0.717) is 0 Å². The van der Waals surface area contributed by atoms with E-state index in [1.54, 1.807) is 0 Å². The molecule has 6 heterocycles. The van der Waals surface area contributed by atoms with Crippen LogP contribution in [0.1, 0.15) is 0 Å². The van der Waals surface area contributed by atoms with E-state index in [1.807, 2.05) is 6.20 Å². The minimum absolute atomic E-state index is 0.0514. The predicted octanol–water partition coefficient (Wildman–Crippen LogP) is 9.31. The molecule has 220 valence electrons. The van der Waals surface area contributed by atoms with Crippen molar-refractivity contribution in [2.24, 2.45) is 0 Å². The first kappa shape index (κ1) is 24.8. The van der Waals surface area contributed by atoms with Crippen LogP contribution in [-0.2, 0) is 0 Å². The lowest BCUT2D eigenvalue weighted by Gasteiger charge is -2.33. The first-order chi connectivity index (χ1) is 23.9. The van der Waals surface area contributed by atoms with Crippen LogP contribution in [0.2, 0.25) is 0 Å². The molecule has 2 aliphatic heterocycles. The average molecular weight is 609 g/mol. The van der Waals surface area contributed by atoms with Gasteiger partial charge in [-0.05, 0) is 40.8 Å². The first-order valence-electron chi connectivity index (χ1n) is 16.5. The number of rotatable bonds is 2. The van der Waals surface area contributed by atoms with Crippen molar-refractivity contribution in [3.63, 3.8) is 0 Å². The first-order valence-corrected chi connectivity index (χ1v) is 16.5. The SMILES string of the molecule is c1ccc(-c2oc3c4c5c(cc3c2-c2ccccc2)-n2c3ccccc3c3cccc(c32)B5n2c3ccccc3c3ccnc-4c32)cc1. The highest BCUT2D eigenvalue weighted by molar-refractivity contribution is 6.90. The number of fused-ring (bicyclic) bond motifs is 12. The van der Waals surface area contributed by atoms with E-state index in [2.05, 4.69) is 149 Å². The van der Waals surface area contributed by atoms with Crippen molar-refractivity contribution in [2.45, 2.75) is 0 Å². The predicted molar refractivity (Wildman–Crippen MR) is 198 cm³/mol. The average Bonchev–Trinajstić information content (AvgIpc) is 3.81. The molecule has 0 bridgehead atoms. The molecule has 0 fully saturated rings. The number of nitrogens with zero attached hydrogens (tertiary/aromatic N) is 3. The lowest BCUT2D eigenvalue weighted by atomic mass is 9.45. The smallest absolute Gasteiger partial charge is 0.333 e. The summed E-state index contributed by atoms with van der Waals surface area (Å²) in [4.78, 5) is 5.21. The third kappa shape index (κ3) is 2.87. The molecule has 0 radical (unpaired) electrons. The fraction of sp³-hybridized carbons (Fsp3) is 0. The van der Waals surface area contributed by atoms with E-state index in [4.69, 9.17) is 9.40 Å². The van der Waals surface area contributed by atoms with Gasteiger partial charge in [-0.1, -0.05) is 115 Å². The monoisotopic (exact) mass is 609 g/mol. The third-order valence-corrected chi connectivity index (χ3v) is 10.7. The van der Waals surface area contributed by atoms with Gasteiger partial charge in [-0.2, -0.15) is 0 Å². The molecule has 0 atom stereocenters. The molecule has 0 N–H and O–H groups in total. The Morgan fingerprint density at radius 2 is 1.21 bits per heavy atom. The fourth-order valence-electron chi connectivity index (χ4n) is 8.95. The minimum Gasteiger partial charge on any atom is -0.455 e. The molecule has 0 saturated carbocycles. The molecular weight excluding hydrogens is 585 g/mol. The van der Waals surface area contributed by atoms with Gasteiger partial charge in [-0.15, -0.1) is 0 Å². The molecule has 0 aliphatic carbocycles. The molecule has 10 aromatic rings. The summed E-state index contributed by atoms with van der Waals surface area (Å²) in [6.45, 7) is -0.0514. The van der Waals surface area contributed by atoms with Crippen molar-refractivity contribution in [3.05, 3.63) is 146 Å². The fourth-order valence-corrected chi connectivity index (χ4v) is 8.95. The van der Waals surface area contributed by atoms with Gasteiger partial charge in [0.2, 0.25) is 0 Å². The van der Waals surface area contributed by atoms with Crippen LogP contribution >= 0.6 is 0 Å². The zero-order valence-electron chi connectivity index (χ0n) is 25.7. The lowest BCUT2D eigenvalue weighted by Crippen LogP contribution is -2.55. The molecule has 0 spiro atoms. The molecule has 0 unspecified atom stereocenters. The zero-order valence-corrected chi connectivity index (χ0v) is 25.7. The second kappa shape index (κ2) is 8.72. The summed E-state index contributed by atoms with van der Waals surface area (Å²) in [5, 5.41) is 6.10. The summed E-state index contributed by atoms with van der Waals surface area (Å²) in [7, 11) is 0. The summed E-state index contributed by atoms with van der Waals surface area (Å²) >= 11 is 0. The minimum atomic E-state index is -0.0514. The number of aromatic nitrogens is 3. The highest BCUT2D eigenvalue weighted by Gasteiger charge is 2.43. The van der Waals surface area contributed by atoms with Crippen LogP contribution in [0, 0.1) is 0 Å². The van der Waals surface area contributed by atoms with Gasteiger partial charge in [0.05, 0.1) is 22.2 Å². The quantitative estimate of drug-likeness (QED) is 0.183. The second-order valence-electron chi connectivity index (χ2n) is 13.0. The van der Waals surface area contributed by atoms with Crippen LogP contribution in [0.5, 0.6) is 0 Å². The van der Waals surface area contributed by atoms with Gasteiger partial charge < -0.3 is 13.5 Å². The van der Waals surface area contributed by atoms with Crippen molar-refractivity contribution >= 4 is 72.4 Å². The van der Waals surface area contributed by atoms with Crippen LogP contribution in [-0.4, -0.2) is 20.9 Å². The van der Waals surface area contributed by atoms with Crippen molar-refractivity contribution in [2.75, 3.05) is 0 Å². The molecule has 12 rings (SSSR count). The molecule has 4 aromatic heterocycles. The van der Waals surface area contributed by atoms with E-state index in [-0.39, 0.29) is 6.85 Å². The number of para-hydroxylation sites is 3. The Labute approximate surface area is 275 Å². The van der Waals surface area contributed by atoms with Gasteiger partial charge in [0.25, 0.3) is 0 Å². The van der Waals surface area contributed by atoms with Crippen molar-refractivity contribution in [1.82, 2.24) is 14.0 Å². The normalized spacial score (nSPS) is 13.0. The molecule has 6 aromatic carbocycles. The summed E-state index contributed by atoms with van der Waals surface area (Å²) in [6, 6.07) is 50.3. The summed E-state index contributed by atoms with van der Waals surface area (Å²) in [6.07, 6.45) is 1.97. The number of hydrogen-bond donors (Lipinski definition) is 0. The number of furan rings is 1. The molecule has 0 saturated heterocycles. The van der Waals surface area contributed by atoms with Crippen LogP contribution in [0.25, 0.3) is 94.0 Å². The Hall–Kier alpha value is -6.33. The van der Waals surface area contributed by atoms with Gasteiger partial charge in [0.15, 0.2) is 0 Å². The molecule has 0 amide bonds.